The third-order valence-electron chi connectivity index (χ3n) is 5.57. The molecule has 1 aliphatic rings. The Balaban J connectivity index is 2.03. The molecule has 6 nitrogen and oxygen atoms in total. The molecule has 3 aromatic rings. The predicted octanol–water partition coefficient (Wildman–Crippen LogP) is 3.27. The molecule has 1 aliphatic heterocycles. The number of phenols is 2. The van der Waals surface area contributed by atoms with Crippen molar-refractivity contribution in [2.24, 2.45) is 5.73 Å². The predicted molar refractivity (Wildman–Crippen MR) is 109 cm³/mol. The average molecular weight is 401 g/mol. The molecule has 0 aliphatic carbocycles. The van der Waals surface area contributed by atoms with Gasteiger partial charge in [-0.1, -0.05) is 23.7 Å². The zero-order valence-electron chi connectivity index (χ0n) is 15.4. The first-order valence-electron chi connectivity index (χ1n) is 9.10. The summed E-state index contributed by atoms with van der Waals surface area (Å²) in [5.74, 6) is -0.262. The van der Waals surface area contributed by atoms with Crippen LogP contribution in [0.5, 0.6) is 11.5 Å². The third kappa shape index (κ3) is 2.94. The van der Waals surface area contributed by atoms with Crippen LogP contribution in [0, 0.1) is 0 Å². The van der Waals surface area contributed by atoms with Crippen LogP contribution < -0.4 is 11.2 Å². The Hall–Kier alpha value is -2.54. The maximum Gasteiger partial charge on any atom is 0.197 e. The Bertz CT molecular complexity index is 1110. The molecular formula is C21H21ClN2O4. The van der Waals surface area contributed by atoms with Gasteiger partial charge in [-0.15, -0.1) is 0 Å². The number of likely N-dealkylation sites (N-methyl/N-ethyl adjacent to an activating group) is 1. The van der Waals surface area contributed by atoms with E-state index in [2.05, 4.69) is 4.90 Å². The fourth-order valence-electron chi connectivity index (χ4n) is 4.16. The Kier molecular flexibility index (Phi) is 4.79. The summed E-state index contributed by atoms with van der Waals surface area (Å²) >= 11 is 6.27. The Morgan fingerprint density at radius 2 is 2.00 bits per heavy atom. The quantitative estimate of drug-likeness (QED) is 0.624. The molecule has 28 heavy (non-hydrogen) atoms. The minimum Gasteiger partial charge on any atom is -0.507 e. The van der Waals surface area contributed by atoms with Crippen LogP contribution in [0.15, 0.2) is 45.6 Å². The van der Waals surface area contributed by atoms with Gasteiger partial charge in [0.1, 0.15) is 28.2 Å². The molecule has 0 radical (unpaired) electrons. The van der Waals surface area contributed by atoms with E-state index in [1.807, 2.05) is 7.05 Å². The van der Waals surface area contributed by atoms with E-state index in [1.54, 1.807) is 24.3 Å². The molecule has 2 aromatic carbocycles. The number of phenolic OH excluding ortho intramolecular Hbond substituents is 2. The summed E-state index contributed by atoms with van der Waals surface area (Å²) in [6.45, 7) is 1.21. The van der Waals surface area contributed by atoms with Gasteiger partial charge in [-0.3, -0.25) is 4.79 Å². The van der Waals surface area contributed by atoms with Gasteiger partial charge in [-0.05, 0) is 32.1 Å². The highest BCUT2D eigenvalue weighted by Crippen LogP contribution is 2.44. The van der Waals surface area contributed by atoms with Crippen LogP contribution in [0.3, 0.4) is 0 Å². The number of halogens is 1. The van der Waals surface area contributed by atoms with Crippen LogP contribution in [-0.4, -0.2) is 41.3 Å². The number of likely N-dealkylation sites (tertiary alicyclic amines) is 1. The van der Waals surface area contributed by atoms with Gasteiger partial charge in [0.2, 0.25) is 0 Å². The highest BCUT2D eigenvalue weighted by atomic mass is 35.5. The van der Waals surface area contributed by atoms with Gasteiger partial charge in [0, 0.05) is 41.8 Å². The second-order valence-electron chi connectivity index (χ2n) is 7.17. The molecule has 2 atom stereocenters. The van der Waals surface area contributed by atoms with Gasteiger partial charge >= 0.3 is 0 Å². The summed E-state index contributed by atoms with van der Waals surface area (Å²) in [6, 6.07) is 9.55. The highest BCUT2D eigenvalue weighted by Gasteiger charge is 2.36. The van der Waals surface area contributed by atoms with Gasteiger partial charge in [0.05, 0.1) is 5.02 Å². The maximum absolute atomic E-state index is 12.8. The van der Waals surface area contributed by atoms with Crippen molar-refractivity contribution in [3.8, 4) is 22.8 Å². The van der Waals surface area contributed by atoms with Crippen molar-refractivity contribution in [2.75, 3.05) is 20.1 Å². The number of nitrogens with zero attached hydrogens (tertiary/aromatic N) is 1. The van der Waals surface area contributed by atoms with Crippen LogP contribution in [-0.2, 0) is 0 Å². The van der Waals surface area contributed by atoms with Crippen molar-refractivity contribution in [3.63, 3.8) is 0 Å². The molecule has 2 heterocycles. The minimum absolute atomic E-state index is 0.00656. The Morgan fingerprint density at radius 3 is 2.71 bits per heavy atom. The average Bonchev–Trinajstić information content (AvgIpc) is 3.01. The molecule has 0 spiro atoms. The molecular weight excluding hydrogens is 380 g/mol. The van der Waals surface area contributed by atoms with Crippen molar-refractivity contribution >= 4 is 22.6 Å². The Morgan fingerprint density at radius 1 is 1.25 bits per heavy atom. The highest BCUT2D eigenvalue weighted by molar-refractivity contribution is 6.33. The van der Waals surface area contributed by atoms with Gasteiger partial charge in [-0.25, -0.2) is 0 Å². The lowest BCUT2D eigenvalue weighted by molar-refractivity contribution is 0.301. The summed E-state index contributed by atoms with van der Waals surface area (Å²) < 4.78 is 6.08. The maximum atomic E-state index is 12.8. The smallest absolute Gasteiger partial charge is 0.197 e. The fourth-order valence-corrected chi connectivity index (χ4v) is 4.39. The second-order valence-corrected chi connectivity index (χ2v) is 7.57. The summed E-state index contributed by atoms with van der Waals surface area (Å²) in [7, 11) is 1.97. The van der Waals surface area contributed by atoms with E-state index in [9.17, 15) is 15.0 Å². The van der Waals surface area contributed by atoms with Gasteiger partial charge in [-0.2, -0.15) is 0 Å². The fraction of sp³-hybridized carbons (Fsp3) is 0.286. The molecule has 0 amide bonds. The number of aromatic hydroxyl groups is 2. The largest absolute Gasteiger partial charge is 0.507 e. The second kappa shape index (κ2) is 7.13. The van der Waals surface area contributed by atoms with E-state index in [4.69, 9.17) is 21.8 Å². The normalized spacial score (nSPS) is 20.1. The zero-order valence-corrected chi connectivity index (χ0v) is 16.1. The van der Waals surface area contributed by atoms with Gasteiger partial charge in [0.15, 0.2) is 5.43 Å². The van der Waals surface area contributed by atoms with Gasteiger partial charge < -0.3 is 25.3 Å². The van der Waals surface area contributed by atoms with Crippen LogP contribution in [0.4, 0.5) is 0 Å². The number of nitrogens with two attached hydrogens (primary N) is 1. The molecule has 1 saturated heterocycles. The van der Waals surface area contributed by atoms with E-state index in [0.29, 0.717) is 22.7 Å². The number of hydrogen-bond acceptors (Lipinski definition) is 6. The standard InChI is InChI=1S/C21H21ClN2O4/c1-24-7-6-12(14(24)10-23)19-15(25)8-16(26)20-17(27)9-18(28-21(19)20)11-4-2-3-5-13(11)22/h2-5,8-9,12,14,25-26H,6-7,10,23H2,1H3/t12-,14+/m0/s1. The molecule has 4 N–H and O–H groups in total. The first kappa shape index (κ1) is 18.8. The summed E-state index contributed by atoms with van der Waals surface area (Å²) in [5, 5.41) is 21.4. The molecule has 7 heteroatoms. The number of rotatable bonds is 3. The molecule has 0 bridgehead atoms. The molecule has 4 rings (SSSR count). The van der Waals surface area contributed by atoms with Crippen molar-refractivity contribution in [2.45, 2.75) is 18.4 Å². The molecule has 1 fully saturated rings. The third-order valence-corrected chi connectivity index (χ3v) is 5.90. The first-order chi connectivity index (χ1) is 13.4. The lowest BCUT2D eigenvalue weighted by atomic mass is 9.89. The van der Waals surface area contributed by atoms with Gasteiger partial charge in [0.25, 0.3) is 0 Å². The van der Waals surface area contributed by atoms with E-state index in [1.165, 1.54) is 12.1 Å². The van der Waals surface area contributed by atoms with E-state index < -0.39 is 5.43 Å². The van der Waals surface area contributed by atoms with Crippen molar-refractivity contribution in [1.29, 1.82) is 0 Å². The van der Waals surface area contributed by atoms with Crippen molar-refractivity contribution < 1.29 is 14.6 Å². The van der Waals surface area contributed by atoms with Crippen LogP contribution >= 0.6 is 11.6 Å². The number of hydrogen-bond donors (Lipinski definition) is 3. The lowest BCUT2D eigenvalue weighted by Crippen LogP contribution is -2.35. The molecule has 0 unspecified atom stereocenters. The van der Waals surface area contributed by atoms with Crippen LogP contribution in [0.2, 0.25) is 5.02 Å². The number of benzene rings is 2. The monoisotopic (exact) mass is 400 g/mol. The van der Waals surface area contributed by atoms with Crippen molar-refractivity contribution in [3.05, 3.63) is 57.2 Å². The van der Waals surface area contributed by atoms with Crippen LogP contribution in [0.1, 0.15) is 17.9 Å². The van der Waals surface area contributed by atoms with Crippen LogP contribution in [0.25, 0.3) is 22.3 Å². The van der Waals surface area contributed by atoms with E-state index in [-0.39, 0.29) is 40.2 Å². The molecule has 1 aromatic heterocycles. The van der Waals surface area contributed by atoms with E-state index >= 15 is 0 Å². The molecule has 0 saturated carbocycles. The zero-order chi connectivity index (χ0) is 20.0. The van der Waals surface area contributed by atoms with E-state index in [0.717, 1.165) is 13.0 Å². The minimum atomic E-state index is -0.398. The molecule has 146 valence electrons. The SMILES string of the molecule is CN1CC[C@H](c2c(O)cc(O)c3c(=O)cc(-c4ccccc4Cl)oc23)[C@H]1CN. The summed E-state index contributed by atoms with van der Waals surface area (Å²) in [5.41, 5.74) is 6.81. The van der Waals surface area contributed by atoms with Crippen molar-refractivity contribution in [1.82, 2.24) is 4.90 Å². The first-order valence-corrected chi connectivity index (χ1v) is 9.48. The topological polar surface area (TPSA) is 99.9 Å². The number of fused-ring (bicyclic) bond motifs is 1. The Labute approximate surface area is 166 Å². The summed E-state index contributed by atoms with van der Waals surface area (Å²) in [4.78, 5) is 14.9. The summed E-state index contributed by atoms with van der Waals surface area (Å²) in [6.07, 6.45) is 0.756. The lowest BCUT2D eigenvalue weighted by Gasteiger charge is -2.25.